The fourth-order valence-corrected chi connectivity index (χ4v) is 0.896. The largest absolute Gasteiger partial charge is 0.411 e. The summed E-state index contributed by atoms with van der Waals surface area (Å²) in [4.78, 5) is 10.8. The van der Waals surface area contributed by atoms with E-state index in [1.54, 1.807) is 24.3 Å². The van der Waals surface area contributed by atoms with Gasteiger partial charge in [0.2, 0.25) is 5.91 Å². The molecule has 0 saturated heterocycles. The lowest BCUT2D eigenvalue weighted by Gasteiger charge is -1.98. The van der Waals surface area contributed by atoms with Gasteiger partial charge in [-0.15, -0.1) is 0 Å². The average Bonchev–Trinajstić information content (AvgIpc) is 2.05. The molecule has 62 valence electrons. The summed E-state index contributed by atoms with van der Waals surface area (Å²) in [6.07, 6.45) is 1.17. The van der Waals surface area contributed by atoms with Gasteiger partial charge in [0.05, 0.1) is 6.21 Å². The molecule has 4 nitrogen and oxygen atoms in total. The molecule has 0 aliphatic rings. The minimum absolute atomic E-state index is 0.343. The number of benzene rings is 1. The lowest BCUT2D eigenvalue weighted by atomic mass is 10.1. The molecular formula is C8H8N2O2. The van der Waals surface area contributed by atoms with Crippen molar-refractivity contribution in [2.75, 3.05) is 0 Å². The third-order valence-corrected chi connectivity index (χ3v) is 1.42. The van der Waals surface area contributed by atoms with Crippen molar-refractivity contribution in [2.24, 2.45) is 10.9 Å². The van der Waals surface area contributed by atoms with Crippen molar-refractivity contribution in [3.05, 3.63) is 35.4 Å². The van der Waals surface area contributed by atoms with E-state index < -0.39 is 5.91 Å². The molecule has 0 bridgehead atoms. The van der Waals surface area contributed by atoms with Crippen LogP contribution in [0.15, 0.2) is 29.4 Å². The number of hydrogen-bond donors (Lipinski definition) is 2. The standard InChI is InChI=1S/C8H8N2O2/c9-8(11)7-4-2-1-3-6(7)5-10-12/h1-5,12H,(H2,9,11)/b10-5+. The Morgan fingerprint density at radius 3 is 2.75 bits per heavy atom. The Bertz CT molecular complexity index is 321. The molecule has 4 heteroatoms. The van der Waals surface area contributed by atoms with E-state index in [0.717, 1.165) is 0 Å². The van der Waals surface area contributed by atoms with Gasteiger partial charge in [-0.25, -0.2) is 0 Å². The van der Waals surface area contributed by atoms with Gasteiger partial charge in [-0.3, -0.25) is 4.79 Å². The van der Waals surface area contributed by atoms with Crippen molar-refractivity contribution in [3.8, 4) is 0 Å². The van der Waals surface area contributed by atoms with Crippen LogP contribution in [0.3, 0.4) is 0 Å². The Hall–Kier alpha value is -1.84. The first kappa shape index (κ1) is 8.26. The van der Waals surface area contributed by atoms with E-state index >= 15 is 0 Å². The van der Waals surface area contributed by atoms with Gasteiger partial charge < -0.3 is 10.9 Å². The molecule has 0 saturated carbocycles. The number of carbonyl (C=O) groups excluding carboxylic acids is 1. The second kappa shape index (κ2) is 3.52. The van der Waals surface area contributed by atoms with Gasteiger partial charge in [0.15, 0.2) is 0 Å². The third-order valence-electron chi connectivity index (χ3n) is 1.42. The number of rotatable bonds is 2. The monoisotopic (exact) mass is 164 g/mol. The van der Waals surface area contributed by atoms with Gasteiger partial charge in [-0.2, -0.15) is 0 Å². The Morgan fingerprint density at radius 1 is 1.50 bits per heavy atom. The normalized spacial score (nSPS) is 10.3. The number of carbonyl (C=O) groups is 1. The zero-order valence-corrected chi connectivity index (χ0v) is 6.27. The van der Waals surface area contributed by atoms with E-state index in [1.165, 1.54) is 6.21 Å². The predicted molar refractivity (Wildman–Crippen MR) is 44.3 cm³/mol. The second-order valence-corrected chi connectivity index (χ2v) is 2.20. The first-order valence-electron chi connectivity index (χ1n) is 3.32. The van der Waals surface area contributed by atoms with Crippen molar-refractivity contribution >= 4 is 12.1 Å². The molecule has 12 heavy (non-hydrogen) atoms. The number of amides is 1. The first-order valence-corrected chi connectivity index (χ1v) is 3.32. The van der Waals surface area contributed by atoms with Crippen LogP contribution in [0.5, 0.6) is 0 Å². The van der Waals surface area contributed by atoms with E-state index in [0.29, 0.717) is 11.1 Å². The molecule has 0 aliphatic carbocycles. The van der Waals surface area contributed by atoms with E-state index in [9.17, 15) is 4.79 Å². The number of primary amides is 1. The minimum Gasteiger partial charge on any atom is -0.411 e. The summed E-state index contributed by atoms with van der Waals surface area (Å²) in [7, 11) is 0. The smallest absolute Gasteiger partial charge is 0.249 e. The SMILES string of the molecule is NC(=O)c1ccccc1/C=N/O. The maximum absolute atomic E-state index is 10.8. The molecule has 0 atom stereocenters. The van der Waals surface area contributed by atoms with Gasteiger partial charge in [0, 0.05) is 11.1 Å². The third kappa shape index (κ3) is 1.60. The minimum atomic E-state index is -0.537. The van der Waals surface area contributed by atoms with Gasteiger partial charge in [0.25, 0.3) is 0 Å². The molecule has 0 spiro atoms. The summed E-state index contributed by atoms with van der Waals surface area (Å²) in [5, 5.41) is 11.1. The lowest BCUT2D eigenvalue weighted by Crippen LogP contribution is -2.13. The molecule has 1 amide bonds. The summed E-state index contributed by atoms with van der Waals surface area (Å²) >= 11 is 0. The fourth-order valence-electron chi connectivity index (χ4n) is 0.896. The fraction of sp³-hybridized carbons (Fsp3) is 0. The van der Waals surface area contributed by atoms with Crippen molar-refractivity contribution < 1.29 is 10.0 Å². The Kier molecular flexibility index (Phi) is 2.42. The van der Waals surface area contributed by atoms with Crippen LogP contribution < -0.4 is 5.73 Å². The molecule has 0 heterocycles. The lowest BCUT2D eigenvalue weighted by molar-refractivity contribution is 0.1000. The maximum atomic E-state index is 10.8. The van der Waals surface area contributed by atoms with Gasteiger partial charge in [-0.05, 0) is 6.07 Å². The number of nitrogens with two attached hydrogens (primary N) is 1. The van der Waals surface area contributed by atoms with Crippen LogP contribution in [0.25, 0.3) is 0 Å². The zero-order chi connectivity index (χ0) is 8.97. The highest BCUT2D eigenvalue weighted by Crippen LogP contribution is 2.04. The van der Waals surface area contributed by atoms with E-state index in [2.05, 4.69) is 5.16 Å². The van der Waals surface area contributed by atoms with Crippen molar-refractivity contribution in [1.82, 2.24) is 0 Å². The predicted octanol–water partition coefficient (Wildman–Crippen LogP) is 0.594. The summed E-state index contributed by atoms with van der Waals surface area (Å²) in [5.41, 5.74) is 5.91. The van der Waals surface area contributed by atoms with Crippen LogP contribution in [0.4, 0.5) is 0 Å². The first-order chi connectivity index (χ1) is 5.75. The molecule has 0 radical (unpaired) electrons. The van der Waals surface area contributed by atoms with Crippen molar-refractivity contribution in [1.29, 1.82) is 0 Å². The highest BCUT2D eigenvalue weighted by Gasteiger charge is 2.03. The molecule has 1 aromatic carbocycles. The van der Waals surface area contributed by atoms with E-state index in [1.807, 2.05) is 0 Å². The Labute approximate surface area is 69.3 Å². The van der Waals surface area contributed by atoms with Crippen LogP contribution in [0.2, 0.25) is 0 Å². The van der Waals surface area contributed by atoms with Crippen LogP contribution in [0.1, 0.15) is 15.9 Å². The summed E-state index contributed by atoms with van der Waals surface area (Å²) in [6.45, 7) is 0. The zero-order valence-electron chi connectivity index (χ0n) is 6.27. The number of hydrogen-bond acceptors (Lipinski definition) is 3. The Balaban J connectivity index is 3.17. The average molecular weight is 164 g/mol. The van der Waals surface area contributed by atoms with Crippen LogP contribution in [0, 0.1) is 0 Å². The topological polar surface area (TPSA) is 75.7 Å². The van der Waals surface area contributed by atoms with Crippen LogP contribution >= 0.6 is 0 Å². The Morgan fingerprint density at radius 2 is 2.17 bits per heavy atom. The highest BCUT2D eigenvalue weighted by molar-refractivity contribution is 6.01. The number of nitrogens with zero attached hydrogens (tertiary/aromatic N) is 1. The summed E-state index contributed by atoms with van der Waals surface area (Å²) in [6, 6.07) is 6.62. The molecule has 0 fully saturated rings. The van der Waals surface area contributed by atoms with E-state index in [-0.39, 0.29) is 0 Å². The molecule has 0 aromatic heterocycles. The van der Waals surface area contributed by atoms with Gasteiger partial charge in [-0.1, -0.05) is 23.4 Å². The quantitative estimate of drug-likeness (QED) is 0.381. The van der Waals surface area contributed by atoms with Crippen molar-refractivity contribution in [3.63, 3.8) is 0 Å². The van der Waals surface area contributed by atoms with Crippen LogP contribution in [-0.2, 0) is 0 Å². The van der Waals surface area contributed by atoms with Crippen LogP contribution in [-0.4, -0.2) is 17.3 Å². The van der Waals surface area contributed by atoms with E-state index in [4.69, 9.17) is 10.9 Å². The molecule has 0 unspecified atom stereocenters. The van der Waals surface area contributed by atoms with Gasteiger partial charge >= 0.3 is 0 Å². The summed E-state index contributed by atoms with van der Waals surface area (Å²) in [5.74, 6) is -0.537. The highest BCUT2D eigenvalue weighted by atomic mass is 16.4. The maximum Gasteiger partial charge on any atom is 0.249 e. The molecule has 1 rings (SSSR count). The second-order valence-electron chi connectivity index (χ2n) is 2.20. The van der Waals surface area contributed by atoms with Gasteiger partial charge in [0.1, 0.15) is 0 Å². The molecular weight excluding hydrogens is 156 g/mol. The summed E-state index contributed by atoms with van der Waals surface area (Å²) < 4.78 is 0. The molecule has 1 aromatic rings. The molecule has 3 N–H and O–H groups in total. The number of oxime groups is 1. The molecule has 0 aliphatic heterocycles. The van der Waals surface area contributed by atoms with Crippen molar-refractivity contribution in [2.45, 2.75) is 0 Å².